The van der Waals surface area contributed by atoms with E-state index in [0.29, 0.717) is 17.0 Å². The fourth-order valence-electron chi connectivity index (χ4n) is 3.78. The van der Waals surface area contributed by atoms with E-state index < -0.39 is 5.97 Å². The monoisotopic (exact) mass is 437 g/mol. The van der Waals surface area contributed by atoms with Crippen LogP contribution in [0.3, 0.4) is 0 Å². The summed E-state index contributed by atoms with van der Waals surface area (Å²) in [5.74, 6) is -0.130. The molecule has 5 nitrogen and oxygen atoms in total. The third-order valence-electron chi connectivity index (χ3n) is 4.74. The number of anilines is 1. The molecule has 2 aromatic rings. The highest BCUT2D eigenvalue weighted by atomic mass is 16.5. The Kier molecular flexibility index (Phi) is 8.25. The molecule has 0 fully saturated rings. The van der Waals surface area contributed by atoms with Gasteiger partial charge in [-0.05, 0) is 67.0 Å². The summed E-state index contributed by atoms with van der Waals surface area (Å²) in [7, 11) is 0. The maximum Gasteiger partial charge on any atom is 0.338 e. The average molecular weight is 438 g/mol. The summed E-state index contributed by atoms with van der Waals surface area (Å²) < 4.78 is 10.8. The lowest BCUT2D eigenvalue weighted by molar-refractivity contribution is -0.112. The number of rotatable bonds is 8. The largest absolute Gasteiger partial charge is 0.465 e. The maximum absolute atomic E-state index is 12.2. The first kappa shape index (κ1) is 25.2. The lowest BCUT2D eigenvalue weighted by atomic mass is 9.72. The maximum atomic E-state index is 12.2. The third kappa shape index (κ3) is 8.22. The van der Waals surface area contributed by atoms with Crippen LogP contribution in [-0.2, 0) is 14.9 Å². The van der Waals surface area contributed by atoms with E-state index in [9.17, 15) is 9.59 Å². The van der Waals surface area contributed by atoms with Gasteiger partial charge in [-0.3, -0.25) is 4.79 Å². The van der Waals surface area contributed by atoms with Gasteiger partial charge in [-0.1, -0.05) is 52.8 Å². The molecule has 0 spiro atoms. The Balaban J connectivity index is 1.93. The molecule has 0 unspecified atom stereocenters. The van der Waals surface area contributed by atoms with Gasteiger partial charge in [0.25, 0.3) is 5.91 Å². The predicted molar refractivity (Wildman–Crippen MR) is 129 cm³/mol. The normalized spacial score (nSPS) is 12.1. The molecule has 0 aliphatic rings. The minimum Gasteiger partial charge on any atom is -0.465 e. The first-order valence-corrected chi connectivity index (χ1v) is 10.9. The van der Waals surface area contributed by atoms with Gasteiger partial charge in [0.2, 0.25) is 0 Å². The van der Waals surface area contributed by atoms with E-state index >= 15 is 0 Å². The van der Waals surface area contributed by atoms with Gasteiger partial charge in [0.15, 0.2) is 0 Å². The fraction of sp³-hybridized carbons (Fsp3) is 0.407. The molecule has 5 heteroatoms. The molecular weight excluding hydrogens is 402 g/mol. The van der Waals surface area contributed by atoms with Crippen LogP contribution in [0.4, 0.5) is 5.69 Å². The Hall–Kier alpha value is -3.08. The second kappa shape index (κ2) is 10.5. The number of carbonyl (C=O) groups is 2. The van der Waals surface area contributed by atoms with Crippen molar-refractivity contribution in [1.82, 2.24) is 0 Å². The van der Waals surface area contributed by atoms with Crippen LogP contribution in [0.5, 0.6) is 5.75 Å². The molecule has 0 aliphatic heterocycles. The molecule has 0 heterocycles. The number of nitrogens with one attached hydrogen (secondary N) is 1. The molecule has 1 N–H and O–H groups in total. The minimum atomic E-state index is -0.427. The van der Waals surface area contributed by atoms with E-state index in [2.05, 4.69) is 52.1 Å². The minimum absolute atomic E-state index is 0.0582. The van der Waals surface area contributed by atoms with Crippen molar-refractivity contribution in [3.8, 4) is 5.75 Å². The fourth-order valence-corrected chi connectivity index (χ4v) is 3.78. The molecule has 0 bridgehead atoms. The second-order valence-corrected chi connectivity index (χ2v) is 10.1. The molecule has 0 aliphatic carbocycles. The highest BCUT2D eigenvalue weighted by Gasteiger charge is 2.27. The molecular formula is C27H35NO4. The number of hydrogen-bond donors (Lipinski definition) is 1. The lowest BCUT2D eigenvalue weighted by Crippen LogP contribution is -2.24. The molecule has 0 aromatic heterocycles. The number of esters is 1. The summed E-state index contributed by atoms with van der Waals surface area (Å²) in [5, 5.41) is 2.71. The van der Waals surface area contributed by atoms with Gasteiger partial charge in [-0.15, -0.1) is 0 Å². The van der Waals surface area contributed by atoms with E-state index in [-0.39, 0.29) is 22.8 Å². The van der Waals surface area contributed by atoms with Gasteiger partial charge in [-0.2, -0.15) is 0 Å². The van der Waals surface area contributed by atoms with Crippen LogP contribution in [0.1, 0.15) is 70.8 Å². The molecule has 0 radical (unpaired) electrons. The molecule has 32 heavy (non-hydrogen) atoms. The molecule has 1 amide bonds. The Morgan fingerprint density at radius 1 is 1.00 bits per heavy atom. The number of benzene rings is 2. The van der Waals surface area contributed by atoms with Crippen molar-refractivity contribution in [2.45, 2.75) is 66.4 Å². The average Bonchev–Trinajstić information content (AvgIpc) is 2.66. The van der Waals surface area contributed by atoms with Crippen molar-refractivity contribution in [1.29, 1.82) is 0 Å². The van der Waals surface area contributed by atoms with E-state index in [1.54, 1.807) is 38.1 Å². The van der Waals surface area contributed by atoms with Crippen molar-refractivity contribution in [2.75, 3.05) is 5.32 Å². The Labute approximate surface area is 191 Å². The number of amides is 1. The van der Waals surface area contributed by atoms with Gasteiger partial charge < -0.3 is 14.8 Å². The summed E-state index contributed by atoms with van der Waals surface area (Å²) in [6.07, 6.45) is 3.51. The van der Waals surface area contributed by atoms with Crippen LogP contribution in [0, 0.1) is 5.41 Å². The van der Waals surface area contributed by atoms with Gasteiger partial charge in [0.1, 0.15) is 5.75 Å². The predicted octanol–water partition coefficient (Wildman–Crippen LogP) is 6.50. The zero-order chi connectivity index (χ0) is 23.9. The Morgan fingerprint density at radius 2 is 1.66 bits per heavy atom. The lowest BCUT2D eigenvalue weighted by Gasteiger charge is -2.33. The van der Waals surface area contributed by atoms with Crippen molar-refractivity contribution in [2.24, 2.45) is 5.41 Å². The van der Waals surface area contributed by atoms with Crippen LogP contribution in [-0.4, -0.2) is 18.0 Å². The SMILES string of the molecule is CC(C)OC(=O)c1cccc(NC(=O)/C=C/Oc2ccc(C(C)(C)CC(C)(C)C)cc2)c1. The van der Waals surface area contributed by atoms with Crippen LogP contribution >= 0.6 is 0 Å². The Bertz CT molecular complexity index is 950. The zero-order valence-corrected chi connectivity index (χ0v) is 20.2. The molecule has 0 atom stereocenters. The van der Waals surface area contributed by atoms with Gasteiger partial charge in [0, 0.05) is 11.8 Å². The van der Waals surface area contributed by atoms with Crippen molar-refractivity contribution in [3.05, 3.63) is 72.0 Å². The summed E-state index contributed by atoms with van der Waals surface area (Å²) in [5.41, 5.74) is 2.43. The standard InChI is InChI=1S/C27H35NO4/c1-19(2)32-25(30)20-9-8-10-22(17-20)28-24(29)15-16-31-23-13-11-21(12-14-23)27(6,7)18-26(3,4)5/h8-17,19H,18H2,1-7H3,(H,28,29)/b16-15+. The third-order valence-corrected chi connectivity index (χ3v) is 4.74. The smallest absolute Gasteiger partial charge is 0.338 e. The van der Waals surface area contributed by atoms with Crippen LogP contribution in [0.2, 0.25) is 0 Å². The molecule has 0 saturated heterocycles. The van der Waals surface area contributed by atoms with E-state index in [4.69, 9.17) is 9.47 Å². The second-order valence-electron chi connectivity index (χ2n) is 10.1. The molecule has 0 saturated carbocycles. The first-order chi connectivity index (χ1) is 14.9. The Morgan fingerprint density at radius 3 is 2.25 bits per heavy atom. The molecule has 172 valence electrons. The van der Waals surface area contributed by atoms with E-state index in [1.807, 2.05) is 12.1 Å². The van der Waals surface area contributed by atoms with Crippen molar-refractivity contribution < 1.29 is 19.1 Å². The highest BCUT2D eigenvalue weighted by molar-refractivity contribution is 6.00. The van der Waals surface area contributed by atoms with Gasteiger partial charge in [0.05, 0.1) is 17.9 Å². The van der Waals surface area contributed by atoms with Crippen LogP contribution < -0.4 is 10.1 Å². The summed E-state index contributed by atoms with van der Waals surface area (Å²) in [6, 6.07) is 14.6. The quantitative estimate of drug-likeness (QED) is 0.291. The topological polar surface area (TPSA) is 64.6 Å². The number of carbonyl (C=O) groups excluding carboxylic acids is 2. The first-order valence-electron chi connectivity index (χ1n) is 10.9. The summed E-state index contributed by atoms with van der Waals surface area (Å²) in [4.78, 5) is 24.2. The van der Waals surface area contributed by atoms with Crippen LogP contribution in [0.25, 0.3) is 0 Å². The molecule has 2 rings (SSSR count). The van der Waals surface area contributed by atoms with Gasteiger partial charge >= 0.3 is 5.97 Å². The van der Waals surface area contributed by atoms with E-state index in [1.165, 1.54) is 17.9 Å². The van der Waals surface area contributed by atoms with Gasteiger partial charge in [-0.25, -0.2) is 4.79 Å². The van der Waals surface area contributed by atoms with Crippen LogP contribution in [0.15, 0.2) is 60.9 Å². The van der Waals surface area contributed by atoms with Crippen molar-refractivity contribution in [3.63, 3.8) is 0 Å². The summed E-state index contributed by atoms with van der Waals surface area (Å²) in [6.45, 7) is 14.8. The zero-order valence-electron chi connectivity index (χ0n) is 20.2. The van der Waals surface area contributed by atoms with Crippen molar-refractivity contribution >= 4 is 17.6 Å². The highest BCUT2D eigenvalue weighted by Crippen LogP contribution is 2.36. The molecule has 2 aromatic carbocycles. The number of hydrogen-bond acceptors (Lipinski definition) is 4. The number of ether oxygens (including phenoxy) is 2. The van der Waals surface area contributed by atoms with E-state index in [0.717, 1.165) is 6.42 Å². The summed E-state index contributed by atoms with van der Waals surface area (Å²) >= 11 is 0.